The Balaban J connectivity index is 1.62. The van der Waals surface area contributed by atoms with Gasteiger partial charge >= 0.3 is 0 Å². The minimum atomic E-state index is -4.07. The maximum absolute atomic E-state index is 11.3. The summed E-state index contributed by atoms with van der Waals surface area (Å²) in [5.74, 6) is -0.680. The van der Waals surface area contributed by atoms with Crippen LogP contribution < -0.4 is 9.80 Å². The van der Waals surface area contributed by atoms with Gasteiger partial charge in [-0.3, -0.25) is 9.11 Å². The molecule has 0 aliphatic carbocycles. The van der Waals surface area contributed by atoms with Crippen molar-refractivity contribution in [1.82, 2.24) is 0 Å². The third kappa shape index (κ3) is 8.32. The number of hydrogen-bond acceptors (Lipinski definition) is 8. The molecule has 2 aromatic carbocycles. The van der Waals surface area contributed by atoms with E-state index in [1.807, 2.05) is 46.2 Å². The molecule has 0 fully saturated rings. The van der Waals surface area contributed by atoms with E-state index in [1.54, 1.807) is 23.5 Å². The maximum atomic E-state index is 11.3. The van der Waals surface area contributed by atoms with Gasteiger partial charge in [0.15, 0.2) is 0 Å². The minimum Gasteiger partial charge on any atom is -0.335 e. The second-order valence-corrected chi connectivity index (χ2v) is 15.2. The van der Waals surface area contributed by atoms with E-state index in [4.69, 9.17) is 23.2 Å². The number of fused-ring (bicyclic) bond motifs is 2. The number of allylic oxidation sites excluding steroid dienone is 2. The highest BCUT2D eigenvalue weighted by atomic mass is 35.5. The average molecular weight is 652 g/mol. The van der Waals surface area contributed by atoms with Crippen LogP contribution in [0.5, 0.6) is 0 Å². The van der Waals surface area contributed by atoms with Gasteiger partial charge in [-0.25, -0.2) is 0 Å². The van der Waals surface area contributed by atoms with E-state index in [1.165, 1.54) is 0 Å². The van der Waals surface area contributed by atoms with Crippen molar-refractivity contribution in [3.63, 3.8) is 0 Å². The highest BCUT2D eigenvalue weighted by Crippen LogP contribution is 2.49. The molecule has 4 rings (SSSR count). The van der Waals surface area contributed by atoms with Crippen LogP contribution in [-0.2, 0) is 20.2 Å². The summed E-state index contributed by atoms with van der Waals surface area (Å²) in [6.07, 6.45) is 5.53. The number of halogens is 2. The first-order valence-electron chi connectivity index (χ1n) is 12.2. The monoisotopic (exact) mass is 650 g/mol. The topological polar surface area (TPSA) is 115 Å². The number of nitrogens with zero attached hydrogens (tertiary/aromatic N) is 2. The van der Waals surface area contributed by atoms with E-state index in [9.17, 15) is 25.9 Å². The Morgan fingerprint density at radius 1 is 0.795 bits per heavy atom. The van der Waals surface area contributed by atoms with Crippen molar-refractivity contribution in [3.8, 4) is 0 Å². The molecule has 2 aliphatic heterocycles. The minimum absolute atomic E-state index is 0.00211. The molecule has 0 saturated heterocycles. The third-order valence-corrected chi connectivity index (χ3v) is 10.5. The van der Waals surface area contributed by atoms with Gasteiger partial charge in [-0.15, -0.1) is 0 Å². The number of anilines is 2. The van der Waals surface area contributed by atoms with Gasteiger partial charge in [0, 0.05) is 38.8 Å². The van der Waals surface area contributed by atoms with Gasteiger partial charge in [-0.1, -0.05) is 53.6 Å². The van der Waals surface area contributed by atoms with Gasteiger partial charge in [0.1, 0.15) is 0 Å². The summed E-state index contributed by atoms with van der Waals surface area (Å²) in [7, 11) is -8.15. The normalized spacial score (nSPS) is 18.2. The van der Waals surface area contributed by atoms with Crippen LogP contribution in [0.3, 0.4) is 0 Å². The Bertz CT molecular complexity index is 1400. The van der Waals surface area contributed by atoms with E-state index < -0.39 is 20.2 Å². The fourth-order valence-corrected chi connectivity index (χ4v) is 7.99. The summed E-state index contributed by atoms with van der Waals surface area (Å²) in [6.45, 7) is 2.84. The van der Waals surface area contributed by atoms with Crippen molar-refractivity contribution in [2.45, 2.75) is 36.0 Å². The number of hydrogen-bond donors (Lipinski definition) is 2. The zero-order chi connectivity index (χ0) is 28.4. The van der Waals surface area contributed by atoms with Crippen LogP contribution in [0.25, 0.3) is 0 Å². The Labute approximate surface area is 247 Å². The SMILES string of the molecule is CCC(C=C1Sc2ccc(Cl)cc2N1CCCS(=O)(=O)O)C=C1Sc2ccc(Cl)cc2N1CCCS(=O)(=O)O. The second-order valence-electron chi connectivity index (χ2n) is 9.09. The van der Waals surface area contributed by atoms with E-state index in [0.717, 1.165) is 37.6 Å². The molecular weight excluding hydrogens is 623 g/mol. The Hall–Kier alpha value is -1.38. The molecule has 8 nitrogen and oxygen atoms in total. The molecular formula is C25H28Cl2N2O6S4. The molecule has 0 amide bonds. The fraction of sp³-hybridized carbons (Fsp3) is 0.360. The van der Waals surface area contributed by atoms with Crippen LogP contribution in [0.2, 0.25) is 10.0 Å². The van der Waals surface area contributed by atoms with Gasteiger partial charge < -0.3 is 9.80 Å². The van der Waals surface area contributed by atoms with Crippen LogP contribution in [-0.4, -0.2) is 50.5 Å². The standard InChI is InChI=1S/C25H28Cl2N2O6S4/c1-2-17(13-24-28(9-3-11-38(30,31)32)20-15-18(26)5-7-22(20)36-24)14-25-29(10-4-12-39(33,34)35)21-16-19(27)6-8-23(21)37-25/h5-8,13-17H,2-4,9-12H2,1H3,(H,30,31,32)(H,33,34,35). The maximum Gasteiger partial charge on any atom is 0.264 e. The van der Waals surface area contributed by atoms with Crippen molar-refractivity contribution in [2.75, 3.05) is 34.4 Å². The molecule has 0 atom stereocenters. The molecule has 212 valence electrons. The van der Waals surface area contributed by atoms with Crippen molar-refractivity contribution in [2.24, 2.45) is 5.92 Å². The molecule has 0 saturated carbocycles. The lowest BCUT2D eigenvalue weighted by Gasteiger charge is -2.23. The predicted octanol–water partition coefficient (Wildman–Crippen LogP) is 6.78. The third-order valence-electron chi connectivity index (χ3n) is 6.14. The van der Waals surface area contributed by atoms with Crippen molar-refractivity contribution >= 4 is 78.3 Å². The van der Waals surface area contributed by atoms with Gasteiger partial charge in [-0.2, -0.15) is 16.8 Å². The lowest BCUT2D eigenvalue weighted by atomic mass is 10.1. The van der Waals surface area contributed by atoms with E-state index in [-0.39, 0.29) is 30.3 Å². The zero-order valence-corrected chi connectivity index (χ0v) is 25.7. The first-order chi connectivity index (χ1) is 18.3. The average Bonchev–Trinajstić information content (AvgIpc) is 3.34. The van der Waals surface area contributed by atoms with E-state index >= 15 is 0 Å². The predicted molar refractivity (Wildman–Crippen MR) is 161 cm³/mol. The Morgan fingerprint density at radius 2 is 1.21 bits per heavy atom. The van der Waals surface area contributed by atoms with Crippen LogP contribution in [0.15, 0.2) is 68.4 Å². The smallest absolute Gasteiger partial charge is 0.264 e. The molecule has 0 spiro atoms. The van der Waals surface area contributed by atoms with Crippen LogP contribution in [0.1, 0.15) is 26.2 Å². The lowest BCUT2D eigenvalue weighted by Crippen LogP contribution is -2.23. The van der Waals surface area contributed by atoms with Crippen LogP contribution in [0, 0.1) is 5.92 Å². The Morgan fingerprint density at radius 3 is 1.56 bits per heavy atom. The molecule has 0 aromatic heterocycles. The number of thioether (sulfide) groups is 2. The molecule has 2 aliphatic rings. The number of benzene rings is 2. The Kier molecular flexibility index (Phi) is 9.91. The summed E-state index contributed by atoms with van der Waals surface area (Å²) >= 11 is 15.7. The molecule has 0 unspecified atom stereocenters. The summed E-state index contributed by atoms with van der Waals surface area (Å²) < 4.78 is 63.6. The van der Waals surface area contributed by atoms with Crippen molar-refractivity contribution < 1.29 is 25.9 Å². The van der Waals surface area contributed by atoms with E-state index in [0.29, 0.717) is 23.1 Å². The van der Waals surface area contributed by atoms with Gasteiger partial charge in [0.25, 0.3) is 20.2 Å². The molecule has 2 N–H and O–H groups in total. The molecule has 0 radical (unpaired) electrons. The first-order valence-corrected chi connectivity index (χ1v) is 17.8. The number of rotatable bonds is 11. The summed E-state index contributed by atoms with van der Waals surface area (Å²) in [6, 6.07) is 11.2. The second kappa shape index (κ2) is 12.6. The van der Waals surface area contributed by atoms with Gasteiger partial charge in [0.2, 0.25) is 0 Å². The first kappa shape index (κ1) is 30.6. The molecule has 0 bridgehead atoms. The quantitative estimate of drug-likeness (QED) is 0.252. The van der Waals surface area contributed by atoms with Gasteiger partial charge in [0.05, 0.1) is 32.9 Å². The lowest BCUT2D eigenvalue weighted by molar-refractivity contribution is 0.479. The largest absolute Gasteiger partial charge is 0.335 e. The fourth-order valence-electron chi connectivity index (χ4n) is 4.32. The van der Waals surface area contributed by atoms with Gasteiger partial charge in [-0.05, 0) is 67.8 Å². The van der Waals surface area contributed by atoms with E-state index in [2.05, 4.69) is 19.1 Å². The molecule has 14 heteroatoms. The molecule has 2 heterocycles. The molecule has 2 aromatic rings. The van der Waals surface area contributed by atoms with Crippen molar-refractivity contribution in [3.05, 3.63) is 68.7 Å². The highest BCUT2D eigenvalue weighted by Gasteiger charge is 2.29. The summed E-state index contributed by atoms with van der Waals surface area (Å²) in [5.41, 5.74) is 1.78. The van der Waals surface area contributed by atoms with Crippen molar-refractivity contribution in [1.29, 1.82) is 0 Å². The zero-order valence-electron chi connectivity index (χ0n) is 21.0. The highest BCUT2D eigenvalue weighted by molar-refractivity contribution is 8.04. The summed E-state index contributed by atoms with van der Waals surface area (Å²) in [4.78, 5) is 6.06. The van der Waals surface area contributed by atoms with Crippen LogP contribution >= 0.6 is 46.7 Å². The summed E-state index contributed by atoms with van der Waals surface area (Å²) in [5, 5.41) is 3.02. The van der Waals surface area contributed by atoms with Crippen LogP contribution in [0.4, 0.5) is 11.4 Å². The molecule has 39 heavy (non-hydrogen) atoms.